The zero-order chi connectivity index (χ0) is 10.7. The van der Waals surface area contributed by atoms with E-state index < -0.39 is 11.5 Å². The van der Waals surface area contributed by atoms with Crippen LogP contribution in [-0.2, 0) is 6.54 Å². The van der Waals surface area contributed by atoms with Gasteiger partial charge in [-0.15, -0.1) is 6.58 Å². The quantitative estimate of drug-likeness (QED) is 0.708. The number of carbonyl (C=O) groups is 1. The molecule has 1 N–H and O–H groups in total. The van der Waals surface area contributed by atoms with Crippen molar-refractivity contribution in [3.63, 3.8) is 0 Å². The monoisotopic (exact) mass is 194 g/mol. The van der Waals surface area contributed by atoms with E-state index in [0.29, 0.717) is 5.82 Å². The number of aromatic nitrogens is 2. The van der Waals surface area contributed by atoms with Crippen LogP contribution in [0.2, 0.25) is 0 Å². The molecule has 1 heterocycles. The van der Waals surface area contributed by atoms with Crippen LogP contribution in [0.15, 0.2) is 23.6 Å². The number of rotatable bonds is 3. The Morgan fingerprint density at radius 1 is 1.79 bits per heavy atom. The van der Waals surface area contributed by atoms with Gasteiger partial charge in [-0.25, -0.2) is 9.78 Å². The highest BCUT2D eigenvalue weighted by Gasteiger charge is 2.12. The molecule has 0 aliphatic heterocycles. The van der Waals surface area contributed by atoms with E-state index in [2.05, 4.69) is 11.6 Å². The van der Waals surface area contributed by atoms with Crippen LogP contribution in [0.3, 0.4) is 0 Å². The fourth-order valence-electron chi connectivity index (χ4n) is 1.07. The number of hydrogen-bond donors (Lipinski definition) is 1. The minimum Gasteiger partial charge on any atom is -0.477 e. The number of aromatic carboxylic acids is 1. The molecular weight excluding hydrogens is 184 g/mol. The summed E-state index contributed by atoms with van der Waals surface area (Å²) in [6.45, 7) is 5.38. The molecule has 5 heteroatoms. The van der Waals surface area contributed by atoms with E-state index in [0.717, 1.165) is 6.20 Å². The van der Waals surface area contributed by atoms with Gasteiger partial charge in [0.2, 0.25) is 0 Å². The van der Waals surface area contributed by atoms with Crippen LogP contribution in [0.25, 0.3) is 0 Å². The molecule has 1 aromatic heterocycles. The summed E-state index contributed by atoms with van der Waals surface area (Å²) in [4.78, 5) is 25.9. The molecule has 0 saturated carbocycles. The molecular formula is C9H10N2O3. The van der Waals surface area contributed by atoms with Crippen LogP contribution in [0.1, 0.15) is 16.2 Å². The van der Waals surface area contributed by atoms with Crippen LogP contribution in [0.4, 0.5) is 0 Å². The predicted molar refractivity (Wildman–Crippen MR) is 50.4 cm³/mol. The number of hydrogen-bond acceptors (Lipinski definition) is 3. The Morgan fingerprint density at radius 2 is 2.43 bits per heavy atom. The summed E-state index contributed by atoms with van der Waals surface area (Å²) in [6, 6.07) is 0. The van der Waals surface area contributed by atoms with Gasteiger partial charge in [0, 0.05) is 12.7 Å². The molecule has 0 spiro atoms. The Kier molecular flexibility index (Phi) is 2.81. The number of allylic oxidation sites excluding steroid dienone is 1. The van der Waals surface area contributed by atoms with E-state index in [9.17, 15) is 9.59 Å². The van der Waals surface area contributed by atoms with Crippen molar-refractivity contribution < 1.29 is 9.90 Å². The van der Waals surface area contributed by atoms with Gasteiger partial charge in [0.25, 0.3) is 5.56 Å². The van der Waals surface area contributed by atoms with Crippen molar-refractivity contribution >= 4 is 5.97 Å². The van der Waals surface area contributed by atoms with Gasteiger partial charge in [0.05, 0.1) is 0 Å². The highest BCUT2D eigenvalue weighted by atomic mass is 16.4. The second kappa shape index (κ2) is 3.87. The maximum absolute atomic E-state index is 11.5. The molecule has 0 saturated heterocycles. The molecule has 0 aliphatic carbocycles. The number of carboxylic acid groups (broad SMARTS) is 1. The zero-order valence-electron chi connectivity index (χ0n) is 7.73. The zero-order valence-corrected chi connectivity index (χ0v) is 7.73. The van der Waals surface area contributed by atoms with Gasteiger partial charge in [-0.3, -0.25) is 9.36 Å². The minimum absolute atomic E-state index is 0.263. The van der Waals surface area contributed by atoms with Crippen molar-refractivity contribution in [2.45, 2.75) is 13.5 Å². The van der Waals surface area contributed by atoms with E-state index in [1.807, 2.05) is 0 Å². The molecule has 0 aromatic carbocycles. The molecule has 1 aromatic rings. The van der Waals surface area contributed by atoms with E-state index in [-0.39, 0.29) is 12.1 Å². The molecule has 0 atom stereocenters. The summed E-state index contributed by atoms with van der Waals surface area (Å²) in [5.74, 6) is -0.791. The first-order valence-corrected chi connectivity index (χ1v) is 3.98. The maximum Gasteiger partial charge on any atom is 0.342 e. The third kappa shape index (κ3) is 1.71. The topological polar surface area (TPSA) is 72.2 Å². The summed E-state index contributed by atoms with van der Waals surface area (Å²) in [7, 11) is 0. The van der Waals surface area contributed by atoms with Gasteiger partial charge in [-0.2, -0.15) is 0 Å². The Bertz CT molecular complexity index is 434. The lowest BCUT2D eigenvalue weighted by Gasteiger charge is -2.06. The van der Waals surface area contributed by atoms with Crippen molar-refractivity contribution in [2.75, 3.05) is 0 Å². The van der Waals surface area contributed by atoms with Gasteiger partial charge >= 0.3 is 5.97 Å². The maximum atomic E-state index is 11.5. The largest absolute Gasteiger partial charge is 0.477 e. The second-order valence-corrected chi connectivity index (χ2v) is 2.73. The lowest BCUT2D eigenvalue weighted by molar-refractivity contribution is 0.0693. The molecule has 0 unspecified atom stereocenters. The lowest BCUT2D eigenvalue weighted by atomic mass is 10.3. The highest BCUT2D eigenvalue weighted by molar-refractivity contribution is 5.86. The fourth-order valence-corrected chi connectivity index (χ4v) is 1.07. The van der Waals surface area contributed by atoms with E-state index in [4.69, 9.17) is 5.11 Å². The SMILES string of the molecule is C=CCn1c(C)ncc(C(=O)O)c1=O. The summed E-state index contributed by atoms with van der Waals surface area (Å²) in [6.07, 6.45) is 2.58. The Balaban J connectivity index is 3.41. The number of carboxylic acids is 1. The molecule has 0 aliphatic rings. The van der Waals surface area contributed by atoms with Gasteiger partial charge in [-0.05, 0) is 6.92 Å². The molecule has 0 radical (unpaired) electrons. The number of aryl methyl sites for hydroxylation is 1. The molecule has 74 valence electrons. The van der Waals surface area contributed by atoms with Crippen molar-refractivity contribution in [3.05, 3.63) is 40.6 Å². The van der Waals surface area contributed by atoms with Crippen molar-refractivity contribution in [1.82, 2.24) is 9.55 Å². The Labute approximate surface area is 80.3 Å². The van der Waals surface area contributed by atoms with Crippen LogP contribution in [-0.4, -0.2) is 20.6 Å². The summed E-state index contributed by atoms with van der Waals surface area (Å²) < 4.78 is 1.26. The second-order valence-electron chi connectivity index (χ2n) is 2.73. The summed E-state index contributed by atoms with van der Waals surface area (Å²) >= 11 is 0. The number of nitrogens with zero attached hydrogens (tertiary/aromatic N) is 2. The van der Waals surface area contributed by atoms with Gasteiger partial charge in [0.1, 0.15) is 11.4 Å². The van der Waals surface area contributed by atoms with Gasteiger partial charge in [-0.1, -0.05) is 6.08 Å². The van der Waals surface area contributed by atoms with Crippen molar-refractivity contribution in [1.29, 1.82) is 0 Å². The summed E-state index contributed by atoms with van der Waals surface area (Å²) in [5.41, 5.74) is -0.873. The third-order valence-corrected chi connectivity index (χ3v) is 1.79. The van der Waals surface area contributed by atoms with Gasteiger partial charge in [0.15, 0.2) is 0 Å². The third-order valence-electron chi connectivity index (χ3n) is 1.79. The highest BCUT2D eigenvalue weighted by Crippen LogP contribution is 1.94. The van der Waals surface area contributed by atoms with E-state index in [1.54, 1.807) is 6.92 Å². The van der Waals surface area contributed by atoms with Crippen molar-refractivity contribution in [2.24, 2.45) is 0 Å². The molecule has 0 fully saturated rings. The van der Waals surface area contributed by atoms with Crippen LogP contribution in [0, 0.1) is 6.92 Å². The first-order valence-electron chi connectivity index (χ1n) is 3.98. The predicted octanol–water partition coefficient (Wildman–Crippen LogP) is 0.436. The van der Waals surface area contributed by atoms with E-state index in [1.165, 1.54) is 10.6 Å². The molecule has 5 nitrogen and oxygen atoms in total. The van der Waals surface area contributed by atoms with Crippen LogP contribution >= 0.6 is 0 Å². The molecule has 14 heavy (non-hydrogen) atoms. The standard InChI is InChI=1S/C9H10N2O3/c1-3-4-11-6(2)10-5-7(8(11)12)9(13)14/h3,5H,1,4H2,2H3,(H,13,14). The molecule has 0 bridgehead atoms. The first kappa shape index (κ1) is 10.2. The van der Waals surface area contributed by atoms with Crippen molar-refractivity contribution in [3.8, 4) is 0 Å². The Hall–Kier alpha value is -1.91. The summed E-state index contributed by atoms with van der Waals surface area (Å²) in [5, 5.41) is 8.67. The van der Waals surface area contributed by atoms with Gasteiger partial charge < -0.3 is 5.11 Å². The Morgan fingerprint density at radius 3 is 2.93 bits per heavy atom. The fraction of sp³-hybridized carbons (Fsp3) is 0.222. The first-order chi connectivity index (χ1) is 6.57. The molecule has 0 amide bonds. The normalized spacial score (nSPS) is 9.79. The van der Waals surface area contributed by atoms with Crippen LogP contribution in [0.5, 0.6) is 0 Å². The average molecular weight is 194 g/mol. The minimum atomic E-state index is -1.26. The average Bonchev–Trinajstić information content (AvgIpc) is 2.11. The van der Waals surface area contributed by atoms with Crippen LogP contribution < -0.4 is 5.56 Å². The smallest absolute Gasteiger partial charge is 0.342 e. The molecule has 1 rings (SSSR count). The van der Waals surface area contributed by atoms with E-state index >= 15 is 0 Å². The lowest BCUT2D eigenvalue weighted by Crippen LogP contribution is -2.28.